The number of Topliss-reactive ketones (excluding diaryl/α,β-unsaturated/α-hetero) is 1. The third kappa shape index (κ3) is 2.55. The molecule has 1 saturated carbocycles. The summed E-state index contributed by atoms with van der Waals surface area (Å²) in [6, 6.07) is 0. The number of methoxy groups -OCH3 is 1. The molecule has 0 radical (unpaired) electrons. The molecule has 1 rings (SSSR count). The molecule has 0 spiro atoms. The van der Waals surface area contributed by atoms with Gasteiger partial charge >= 0.3 is 11.7 Å². The van der Waals surface area contributed by atoms with Crippen molar-refractivity contribution >= 4 is 17.5 Å². The molecule has 1 fully saturated rings. The van der Waals surface area contributed by atoms with Gasteiger partial charge in [0.05, 0.1) is 13.5 Å². The highest BCUT2D eigenvalue weighted by Crippen LogP contribution is 2.35. The summed E-state index contributed by atoms with van der Waals surface area (Å²) in [4.78, 5) is 26.0. The van der Waals surface area contributed by atoms with E-state index in [0.717, 1.165) is 12.8 Å². The molecule has 16 heavy (non-hydrogen) atoms. The van der Waals surface area contributed by atoms with Crippen LogP contribution in [0.3, 0.4) is 0 Å². The highest BCUT2D eigenvalue weighted by atomic mass is 16.5. The minimum atomic E-state index is -0.589. The highest BCUT2D eigenvalue weighted by molar-refractivity contribution is 6.39. The lowest BCUT2D eigenvalue weighted by atomic mass is 9.71. The van der Waals surface area contributed by atoms with Gasteiger partial charge in [0.25, 0.3) is 0 Å². The molecule has 88 valence electrons. The predicted octanol–water partition coefficient (Wildman–Crippen LogP) is 1.37. The van der Waals surface area contributed by atoms with Crippen LogP contribution in [0, 0.1) is 5.41 Å². The summed E-state index contributed by atoms with van der Waals surface area (Å²) >= 11 is 0. The number of ether oxygens (including phenoxy) is 1. The average Bonchev–Trinajstić information content (AvgIpc) is 2.30. The van der Waals surface area contributed by atoms with E-state index in [0.29, 0.717) is 12.8 Å². The molecule has 0 aromatic heterocycles. The standard InChI is InChI=1S/C11H16N2O3/c1-11(7-5-9(14)16-2)6-3-4-8(13-12)10(11)15/h3-7H2,1-2H3. The summed E-state index contributed by atoms with van der Waals surface area (Å²) in [6.07, 6.45) is 2.71. The normalized spacial score (nSPS) is 25.1. The Balaban J connectivity index is 2.72. The summed E-state index contributed by atoms with van der Waals surface area (Å²) in [5.41, 5.74) is 8.32. The Morgan fingerprint density at radius 2 is 2.31 bits per heavy atom. The second-order valence-electron chi connectivity index (χ2n) is 4.37. The van der Waals surface area contributed by atoms with Gasteiger partial charge in [-0.15, -0.1) is 0 Å². The zero-order valence-electron chi connectivity index (χ0n) is 9.65. The minimum absolute atomic E-state index is 0.148. The smallest absolute Gasteiger partial charge is 0.334 e. The average molecular weight is 224 g/mol. The topological polar surface area (TPSA) is 79.8 Å². The summed E-state index contributed by atoms with van der Waals surface area (Å²) in [5, 5.41) is 0. The first kappa shape index (κ1) is 12.6. The van der Waals surface area contributed by atoms with Crippen LogP contribution in [0.5, 0.6) is 0 Å². The van der Waals surface area contributed by atoms with Crippen molar-refractivity contribution in [3.8, 4) is 0 Å². The Morgan fingerprint density at radius 1 is 1.62 bits per heavy atom. The molecular weight excluding hydrogens is 208 g/mol. The van der Waals surface area contributed by atoms with Crippen molar-refractivity contribution in [2.45, 2.75) is 39.0 Å². The van der Waals surface area contributed by atoms with E-state index in [9.17, 15) is 9.59 Å². The number of esters is 1. The van der Waals surface area contributed by atoms with Crippen molar-refractivity contribution in [3.63, 3.8) is 0 Å². The quantitative estimate of drug-likeness (QED) is 0.412. The van der Waals surface area contributed by atoms with Gasteiger partial charge in [0.2, 0.25) is 5.78 Å². The Kier molecular flexibility index (Phi) is 3.96. The second-order valence-corrected chi connectivity index (χ2v) is 4.37. The third-order valence-electron chi connectivity index (χ3n) is 3.18. The fraction of sp³-hybridized carbons (Fsp3) is 0.727. The van der Waals surface area contributed by atoms with Crippen LogP contribution in [-0.4, -0.2) is 29.4 Å². The van der Waals surface area contributed by atoms with E-state index < -0.39 is 5.41 Å². The molecule has 0 saturated heterocycles. The van der Waals surface area contributed by atoms with Gasteiger partial charge in [-0.2, -0.15) is 4.79 Å². The van der Waals surface area contributed by atoms with Gasteiger partial charge in [-0.1, -0.05) is 6.92 Å². The van der Waals surface area contributed by atoms with Crippen LogP contribution < -0.4 is 0 Å². The number of carbonyl (C=O) groups excluding carboxylic acids is 2. The van der Waals surface area contributed by atoms with Crippen LogP contribution in [0.2, 0.25) is 0 Å². The molecule has 0 aromatic rings. The lowest BCUT2D eigenvalue weighted by Gasteiger charge is -2.28. The first-order valence-corrected chi connectivity index (χ1v) is 5.36. The Labute approximate surface area is 94.4 Å². The van der Waals surface area contributed by atoms with Crippen LogP contribution >= 0.6 is 0 Å². The molecule has 1 unspecified atom stereocenters. The van der Waals surface area contributed by atoms with Gasteiger partial charge in [-0.25, -0.2) is 0 Å². The number of nitrogens with zero attached hydrogens (tertiary/aromatic N) is 2. The number of ketones is 1. The van der Waals surface area contributed by atoms with Crippen molar-refractivity contribution in [3.05, 3.63) is 5.53 Å². The summed E-state index contributed by atoms with van der Waals surface area (Å²) < 4.78 is 4.54. The van der Waals surface area contributed by atoms with E-state index in [1.54, 1.807) is 0 Å². The van der Waals surface area contributed by atoms with E-state index in [1.807, 2.05) is 6.92 Å². The van der Waals surface area contributed by atoms with Crippen LogP contribution in [0.15, 0.2) is 0 Å². The molecule has 0 heterocycles. The maximum absolute atomic E-state index is 11.9. The van der Waals surface area contributed by atoms with Crippen molar-refractivity contribution in [2.24, 2.45) is 5.41 Å². The zero-order valence-corrected chi connectivity index (χ0v) is 9.65. The first-order chi connectivity index (χ1) is 7.53. The van der Waals surface area contributed by atoms with E-state index in [-0.39, 0.29) is 23.9 Å². The van der Waals surface area contributed by atoms with Gasteiger partial charge in [-0.05, 0) is 19.3 Å². The van der Waals surface area contributed by atoms with Crippen LogP contribution in [-0.2, 0) is 14.3 Å². The zero-order chi connectivity index (χ0) is 12.2. The molecule has 1 aliphatic carbocycles. The molecule has 5 nitrogen and oxygen atoms in total. The fourth-order valence-corrected chi connectivity index (χ4v) is 2.04. The summed E-state index contributed by atoms with van der Waals surface area (Å²) in [5.74, 6) is -0.466. The number of hydrogen-bond donors (Lipinski definition) is 0. The molecule has 0 aromatic carbocycles. The molecule has 1 atom stereocenters. The van der Waals surface area contributed by atoms with Crippen molar-refractivity contribution in [2.75, 3.05) is 7.11 Å². The molecule has 1 aliphatic rings. The van der Waals surface area contributed by atoms with Crippen molar-refractivity contribution in [1.82, 2.24) is 0 Å². The van der Waals surface area contributed by atoms with Crippen molar-refractivity contribution < 1.29 is 19.1 Å². The van der Waals surface area contributed by atoms with Crippen LogP contribution in [0.1, 0.15) is 39.0 Å². The molecule has 5 heteroatoms. The van der Waals surface area contributed by atoms with Crippen LogP contribution in [0.25, 0.3) is 5.53 Å². The number of hydrogen-bond acceptors (Lipinski definition) is 3. The lowest BCUT2D eigenvalue weighted by molar-refractivity contribution is -0.142. The lowest BCUT2D eigenvalue weighted by Crippen LogP contribution is -2.38. The Bertz CT molecular complexity index is 358. The SMILES string of the molecule is COC(=O)CCC1(C)CCCC(=[N+]=[N-])C1=O. The Hall–Kier alpha value is -1.48. The highest BCUT2D eigenvalue weighted by Gasteiger charge is 2.43. The van der Waals surface area contributed by atoms with Gasteiger partial charge in [0, 0.05) is 11.8 Å². The third-order valence-corrected chi connectivity index (χ3v) is 3.18. The van der Waals surface area contributed by atoms with Gasteiger partial charge in [0.1, 0.15) is 0 Å². The minimum Gasteiger partial charge on any atom is -0.469 e. The largest absolute Gasteiger partial charge is 0.469 e. The summed E-state index contributed by atoms with van der Waals surface area (Å²) in [6.45, 7) is 1.81. The maximum Gasteiger partial charge on any atom is 0.334 e. The number of carbonyl (C=O) groups is 2. The van der Waals surface area contributed by atoms with Gasteiger partial charge in [0.15, 0.2) is 0 Å². The monoisotopic (exact) mass is 224 g/mol. The molecule has 0 bridgehead atoms. The van der Waals surface area contributed by atoms with E-state index >= 15 is 0 Å². The number of rotatable bonds is 3. The Morgan fingerprint density at radius 3 is 2.88 bits per heavy atom. The summed E-state index contributed by atoms with van der Waals surface area (Å²) in [7, 11) is 1.33. The van der Waals surface area contributed by atoms with Gasteiger partial charge < -0.3 is 10.3 Å². The molecular formula is C11H16N2O3. The fourth-order valence-electron chi connectivity index (χ4n) is 2.04. The molecule has 0 amide bonds. The van der Waals surface area contributed by atoms with E-state index in [4.69, 9.17) is 5.53 Å². The maximum atomic E-state index is 11.9. The van der Waals surface area contributed by atoms with Crippen LogP contribution in [0.4, 0.5) is 0 Å². The van der Waals surface area contributed by atoms with Crippen molar-refractivity contribution in [1.29, 1.82) is 0 Å². The molecule has 0 aliphatic heterocycles. The van der Waals surface area contributed by atoms with E-state index in [1.165, 1.54) is 7.11 Å². The first-order valence-electron chi connectivity index (χ1n) is 5.36. The van der Waals surface area contributed by atoms with E-state index in [2.05, 4.69) is 9.53 Å². The predicted molar refractivity (Wildman–Crippen MR) is 56.8 cm³/mol. The molecule has 0 N–H and O–H groups in total. The van der Waals surface area contributed by atoms with Gasteiger partial charge in [-0.3, -0.25) is 9.59 Å². The second kappa shape index (κ2) is 5.03.